The third kappa shape index (κ3) is 4.03. The molecule has 2 amide bonds. The fraction of sp³-hybridized carbons (Fsp3) is 0.333. The summed E-state index contributed by atoms with van der Waals surface area (Å²) in [5, 5.41) is 9.43. The first-order valence-electron chi connectivity index (χ1n) is 8.07. The Morgan fingerprint density at radius 2 is 2.08 bits per heavy atom. The monoisotopic (exact) mass is 378 g/mol. The Balaban J connectivity index is 1.65. The third-order valence-electron chi connectivity index (χ3n) is 4.48. The summed E-state index contributed by atoms with van der Waals surface area (Å²) < 4.78 is 0. The van der Waals surface area contributed by atoms with Crippen LogP contribution in [-0.4, -0.2) is 28.5 Å². The second-order valence-electron chi connectivity index (χ2n) is 6.22. The molecule has 0 bridgehead atoms. The van der Waals surface area contributed by atoms with Crippen LogP contribution in [0.15, 0.2) is 30.3 Å². The lowest BCUT2D eigenvalue weighted by Crippen LogP contribution is -2.35. The molecule has 0 fully saturated rings. The van der Waals surface area contributed by atoms with E-state index in [9.17, 15) is 9.59 Å². The van der Waals surface area contributed by atoms with Crippen molar-refractivity contribution in [1.29, 1.82) is 0 Å². The average molecular weight is 379 g/mol. The van der Waals surface area contributed by atoms with Gasteiger partial charge >= 0.3 is 0 Å². The van der Waals surface area contributed by atoms with E-state index in [0.717, 1.165) is 22.4 Å². The fourth-order valence-corrected chi connectivity index (χ4v) is 4.24. The summed E-state index contributed by atoms with van der Waals surface area (Å²) in [6, 6.07) is 9.37. The zero-order chi connectivity index (χ0) is 18.0. The van der Waals surface area contributed by atoms with Crippen LogP contribution in [0, 0.1) is 0 Å². The Labute approximate surface area is 155 Å². The maximum Gasteiger partial charge on any atom is 0.284 e. The highest BCUT2D eigenvalue weighted by Crippen LogP contribution is 2.29. The SMILES string of the molecule is C[C@H](CC(=O)N1CCc2cc(C(=O)NO)sc2C1)c1ccc(Cl)cc1. The molecule has 2 heterocycles. The number of nitrogens with zero attached hydrogens (tertiary/aromatic N) is 1. The van der Waals surface area contributed by atoms with E-state index in [1.807, 2.05) is 36.1 Å². The van der Waals surface area contributed by atoms with Gasteiger partial charge in [0.15, 0.2) is 0 Å². The van der Waals surface area contributed by atoms with Crippen molar-refractivity contribution < 1.29 is 14.8 Å². The van der Waals surface area contributed by atoms with E-state index in [-0.39, 0.29) is 11.8 Å². The first kappa shape index (κ1) is 17.9. The molecule has 0 saturated heterocycles. The van der Waals surface area contributed by atoms with E-state index in [2.05, 4.69) is 0 Å². The lowest BCUT2D eigenvalue weighted by atomic mass is 9.96. The molecule has 7 heteroatoms. The number of carbonyl (C=O) groups excluding carboxylic acids is 2. The van der Waals surface area contributed by atoms with Gasteiger partial charge in [0.05, 0.1) is 11.4 Å². The van der Waals surface area contributed by atoms with Crippen LogP contribution in [-0.2, 0) is 17.8 Å². The minimum Gasteiger partial charge on any atom is -0.337 e. The van der Waals surface area contributed by atoms with Crippen LogP contribution in [0.4, 0.5) is 0 Å². The molecule has 1 aromatic heterocycles. The summed E-state index contributed by atoms with van der Waals surface area (Å²) in [7, 11) is 0. The standard InChI is InChI=1S/C18H19ClN2O3S/c1-11(12-2-4-14(19)5-3-12)8-17(22)21-7-6-13-9-15(18(23)20-24)25-16(13)10-21/h2-5,9,11,24H,6-8,10H2,1H3,(H,20,23)/t11-/m1/s1. The van der Waals surface area contributed by atoms with Crippen molar-refractivity contribution in [1.82, 2.24) is 10.4 Å². The first-order chi connectivity index (χ1) is 12.0. The summed E-state index contributed by atoms with van der Waals surface area (Å²) in [4.78, 5) is 27.5. The van der Waals surface area contributed by atoms with E-state index < -0.39 is 5.91 Å². The van der Waals surface area contributed by atoms with Crippen molar-refractivity contribution in [2.24, 2.45) is 0 Å². The van der Waals surface area contributed by atoms with Crippen LogP contribution in [0.25, 0.3) is 0 Å². The minimum atomic E-state index is -0.506. The number of fused-ring (bicyclic) bond motifs is 1. The van der Waals surface area contributed by atoms with Crippen LogP contribution >= 0.6 is 22.9 Å². The molecule has 3 rings (SSSR count). The van der Waals surface area contributed by atoms with Gasteiger partial charge in [0.2, 0.25) is 5.91 Å². The molecule has 2 aromatic rings. The fourth-order valence-electron chi connectivity index (χ4n) is 3.00. The van der Waals surface area contributed by atoms with Crippen molar-refractivity contribution >= 4 is 34.8 Å². The number of amides is 2. The number of thiophene rings is 1. The van der Waals surface area contributed by atoms with Crippen molar-refractivity contribution in [3.63, 3.8) is 0 Å². The maximum atomic E-state index is 12.6. The summed E-state index contributed by atoms with van der Waals surface area (Å²) in [5.74, 6) is -0.284. The van der Waals surface area contributed by atoms with Crippen LogP contribution in [0.5, 0.6) is 0 Å². The molecular weight excluding hydrogens is 360 g/mol. The molecular formula is C18H19ClN2O3S. The molecule has 0 unspecified atom stereocenters. The molecule has 2 N–H and O–H groups in total. The second kappa shape index (κ2) is 7.56. The summed E-state index contributed by atoms with van der Waals surface area (Å²) in [6.45, 7) is 3.20. The van der Waals surface area contributed by atoms with Gasteiger partial charge in [-0.25, -0.2) is 5.48 Å². The molecule has 0 aliphatic carbocycles. The Hall–Kier alpha value is -1.89. The van der Waals surface area contributed by atoms with E-state index in [1.54, 1.807) is 11.5 Å². The molecule has 0 spiro atoms. The molecule has 1 aliphatic rings. The highest BCUT2D eigenvalue weighted by Gasteiger charge is 2.25. The number of hydrogen-bond acceptors (Lipinski definition) is 4. The molecule has 1 aromatic carbocycles. The first-order valence-corrected chi connectivity index (χ1v) is 9.26. The van der Waals surface area contributed by atoms with Crippen LogP contribution in [0.3, 0.4) is 0 Å². The second-order valence-corrected chi connectivity index (χ2v) is 7.80. The predicted molar refractivity (Wildman–Crippen MR) is 97.2 cm³/mol. The van der Waals surface area contributed by atoms with Gasteiger partial charge in [-0.2, -0.15) is 0 Å². The van der Waals surface area contributed by atoms with Gasteiger partial charge in [-0.3, -0.25) is 14.8 Å². The predicted octanol–water partition coefficient (Wildman–Crippen LogP) is 3.60. The highest BCUT2D eigenvalue weighted by atomic mass is 35.5. The maximum absolute atomic E-state index is 12.6. The van der Waals surface area contributed by atoms with Crippen LogP contribution in [0.1, 0.15) is 44.9 Å². The summed E-state index contributed by atoms with van der Waals surface area (Å²) in [6.07, 6.45) is 1.16. The number of benzene rings is 1. The lowest BCUT2D eigenvalue weighted by molar-refractivity contribution is -0.132. The van der Waals surface area contributed by atoms with E-state index in [4.69, 9.17) is 16.8 Å². The summed E-state index contributed by atoms with van der Waals surface area (Å²) in [5.41, 5.74) is 3.83. The molecule has 5 nitrogen and oxygen atoms in total. The highest BCUT2D eigenvalue weighted by molar-refractivity contribution is 7.14. The Morgan fingerprint density at radius 1 is 1.36 bits per heavy atom. The van der Waals surface area contributed by atoms with Gasteiger partial charge in [0.25, 0.3) is 5.91 Å². The number of rotatable bonds is 4. The number of nitrogens with one attached hydrogen (secondary N) is 1. The average Bonchev–Trinajstić information content (AvgIpc) is 3.04. The van der Waals surface area contributed by atoms with Gasteiger partial charge < -0.3 is 4.90 Å². The van der Waals surface area contributed by atoms with Crippen molar-refractivity contribution in [2.45, 2.75) is 32.2 Å². The topological polar surface area (TPSA) is 69.6 Å². The number of halogens is 1. The van der Waals surface area contributed by atoms with Crippen LogP contribution < -0.4 is 5.48 Å². The summed E-state index contributed by atoms with van der Waals surface area (Å²) >= 11 is 7.23. The number of carbonyl (C=O) groups is 2. The minimum absolute atomic E-state index is 0.106. The van der Waals surface area contributed by atoms with E-state index in [1.165, 1.54) is 11.3 Å². The zero-order valence-electron chi connectivity index (χ0n) is 13.8. The third-order valence-corrected chi connectivity index (χ3v) is 5.89. The zero-order valence-corrected chi connectivity index (χ0v) is 15.4. The number of hydroxylamine groups is 1. The van der Waals surface area contributed by atoms with Gasteiger partial charge in [-0.05, 0) is 41.7 Å². The van der Waals surface area contributed by atoms with Gasteiger partial charge in [0.1, 0.15) is 0 Å². The quantitative estimate of drug-likeness (QED) is 0.630. The van der Waals surface area contributed by atoms with Gasteiger partial charge in [-0.15, -0.1) is 11.3 Å². The largest absolute Gasteiger partial charge is 0.337 e. The van der Waals surface area contributed by atoms with Crippen molar-refractivity contribution in [3.05, 3.63) is 56.2 Å². The normalized spacial score (nSPS) is 14.8. The lowest BCUT2D eigenvalue weighted by Gasteiger charge is -2.28. The van der Waals surface area contributed by atoms with Crippen LogP contribution in [0.2, 0.25) is 5.02 Å². The molecule has 132 valence electrons. The Bertz CT molecular complexity index is 788. The van der Waals surface area contributed by atoms with E-state index >= 15 is 0 Å². The molecule has 1 atom stereocenters. The van der Waals surface area contributed by atoms with E-state index in [0.29, 0.717) is 29.4 Å². The molecule has 0 radical (unpaired) electrons. The molecule has 0 saturated carbocycles. The van der Waals surface area contributed by atoms with Gasteiger partial charge in [-0.1, -0.05) is 30.7 Å². The Morgan fingerprint density at radius 3 is 2.76 bits per heavy atom. The smallest absolute Gasteiger partial charge is 0.284 e. The van der Waals surface area contributed by atoms with Crippen molar-refractivity contribution in [2.75, 3.05) is 6.54 Å². The van der Waals surface area contributed by atoms with Crippen molar-refractivity contribution in [3.8, 4) is 0 Å². The number of hydrogen-bond donors (Lipinski definition) is 2. The Kier molecular flexibility index (Phi) is 5.42. The van der Waals surface area contributed by atoms with Gasteiger partial charge in [0, 0.05) is 22.9 Å². The molecule has 1 aliphatic heterocycles. The molecule has 25 heavy (non-hydrogen) atoms.